The fourth-order valence-corrected chi connectivity index (χ4v) is 2.29. The summed E-state index contributed by atoms with van der Waals surface area (Å²) >= 11 is 5.74. The van der Waals surface area contributed by atoms with Gasteiger partial charge in [0.25, 0.3) is 0 Å². The molecule has 1 saturated heterocycles. The van der Waals surface area contributed by atoms with E-state index in [0.29, 0.717) is 16.8 Å². The van der Waals surface area contributed by atoms with Crippen molar-refractivity contribution in [3.8, 4) is 0 Å². The largest absolute Gasteiger partial charge is 0.396 e. The normalized spacial score (nSPS) is 21.5. The van der Waals surface area contributed by atoms with Crippen LogP contribution in [0.2, 0.25) is 5.15 Å². The maximum absolute atomic E-state index is 5.74. The lowest BCUT2D eigenvalue weighted by Crippen LogP contribution is -2.20. The molecule has 1 unspecified atom stereocenters. The fourth-order valence-electron chi connectivity index (χ4n) is 2.20. The maximum Gasteiger partial charge on any atom is 0.174 e. The van der Waals surface area contributed by atoms with Gasteiger partial charge in [-0.25, -0.2) is 0 Å². The molecule has 88 valence electrons. The summed E-state index contributed by atoms with van der Waals surface area (Å²) in [7, 11) is 0. The first kappa shape index (κ1) is 11.6. The average molecular weight is 241 g/mol. The fraction of sp³-hybridized carbons (Fsp3) is 0.636. The summed E-state index contributed by atoms with van der Waals surface area (Å²) in [6.45, 7) is 5.67. The zero-order chi connectivity index (χ0) is 11.5. The molecule has 5 heteroatoms. The molecule has 1 aromatic rings. The van der Waals surface area contributed by atoms with E-state index < -0.39 is 0 Å². The molecule has 1 atom stereocenters. The molecule has 1 aromatic heterocycles. The third-order valence-electron chi connectivity index (χ3n) is 3.14. The van der Waals surface area contributed by atoms with Gasteiger partial charge in [-0.1, -0.05) is 18.5 Å². The highest BCUT2D eigenvalue weighted by Crippen LogP contribution is 2.21. The van der Waals surface area contributed by atoms with Gasteiger partial charge >= 0.3 is 0 Å². The second-order valence-electron chi connectivity index (χ2n) is 4.33. The van der Waals surface area contributed by atoms with Gasteiger partial charge in [0.2, 0.25) is 0 Å². The standard InChI is InChI=1S/C11H17ClN4/c1-2-16-4-3-8(7-16)5-9-6-10(13)11(12)15-14-9/h6,8H,2-5,7H2,1H3,(H2,13,14). The van der Waals surface area contributed by atoms with Gasteiger partial charge in [0, 0.05) is 6.54 Å². The Morgan fingerprint density at radius 3 is 3.00 bits per heavy atom. The number of aromatic nitrogens is 2. The third-order valence-corrected chi connectivity index (χ3v) is 3.44. The van der Waals surface area contributed by atoms with Crippen molar-refractivity contribution in [2.45, 2.75) is 19.8 Å². The number of nitrogens with two attached hydrogens (primary N) is 1. The highest BCUT2D eigenvalue weighted by molar-refractivity contribution is 6.31. The van der Waals surface area contributed by atoms with Crippen LogP contribution < -0.4 is 5.73 Å². The number of nitrogens with zero attached hydrogens (tertiary/aromatic N) is 3. The molecular formula is C11H17ClN4. The SMILES string of the molecule is CCN1CCC(Cc2cc(N)c(Cl)nn2)C1. The van der Waals surface area contributed by atoms with E-state index in [1.54, 1.807) is 0 Å². The van der Waals surface area contributed by atoms with E-state index in [0.717, 1.165) is 25.2 Å². The second kappa shape index (κ2) is 4.97. The van der Waals surface area contributed by atoms with Crippen molar-refractivity contribution in [3.05, 3.63) is 16.9 Å². The van der Waals surface area contributed by atoms with E-state index in [-0.39, 0.29) is 0 Å². The van der Waals surface area contributed by atoms with Gasteiger partial charge in [-0.05, 0) is 37.9 Å². The summed E-state index contributed by atoms with van der Waals surface area (Å²) in [5.41, 5.74) is 7.18. The van der Waals surface area contributed by atoms with Gasteiger partial charge in [0.15, 0.2) is 5.15 Å². The molecule has 1 aliphatic heterocycles. The van der Waals surface area contributed by atoms with E-state index in [1.165, 1.54) is 13.0 Å². The zero-order valence-corrected chi connectivity index (χ0v) is 10.2. The van der Waals surface area contributed by atoms with Crippen molar-refractivity contribution in [1.29, 1.82) is 0 Å². The van der Waals surface area contributed by atoms with E-state index in [1.807, 2.05) is 6.07 Å². The summed E-state index contributed by atoms with van der Waals surface area (Å²) in [5, 5.41) is 8.21. The van der Waals surface area contributed by atoms with Crippen molar-refractivity contribution in [1.82, 2.24) is 15.1 Å². The molecule has 0 saturated carbocycles. The predicted octanol–water partition coefficient (Wildman–Crippen LogP) is 1.60. The maximum atomic E-state index is 5.74. The summed E-state index contributed by atoms with van der Waals surface area (Å²) in [6, 6.07) is 1.84. The summed E-state index contributed by atoms with van der Waals surface area (Å²) < 4.78 is 0. The number of rotatable bonds is 3. The van der Waals surface area contributed by atoms with E-state index in [2.05, 4.69) is 22.0 Å². The van der Waals surface area contributed by atoms with Gasteiger partial charge in [-0.3, -0.25) is 0 Å². The summed E-state index contributed by atoms with van der Waals surface area (Å²) in [5.74, 6) is 0.676. The number of likely N-dealkylation sites (tertiary alicyclic amines) is 1. The Labute approximate surface area is 101 Å². The molecule has 0 bridgehead atoms. The third kappa shape index (κ3) is 2.62. The Balaban J connectivity index is 1.97. The van der Waals surface area contributed by atoms with Crippen LogP contribution in [-0.2, 0) is 6.42 Å². The van der Waals surface area contributed by atoms with Crippen LogP contribution in [-0.4, -0.2) is 34.7 Å². The monoisotopic (exact) mass is 240 g/mol. The minimum atomic E-state index is 0.297. The Morgan fingerprint density at radius 2 is 2.38 bits per heavy atom. The lowest BCUT2D eigenvalue weighted by Gasteiger charge is -2.12. The molecule has 1 fully saturated rings. The average Bonchev–Trinajstić information content (AvgIpc) is 2.71. The number of nitrogen functional groups attached to an aromatic ring is 1. The van der Waals surface area contributed by atoms with Crippen molar-refractivity contribution in [2.24, 2.45) is 5.92 Å². The van der Waals surface area contributed by atoms with Crippen molar-refractivity contribution < 1.29 is 0 Å². The Hall–Kier alpha value is -0.870. The van der Waals surface area contributed by atoms with Crippen molar-refractivity contribution >= 4 is 17.3 Å². The molecule has 1 aliphatic rings. The minimum Gasteiger partial charge on any atom is -0.396 e. The first-order valence-electron chi connectivity index (χ1n) is 5.69. The molecule has 16 heavy (non-hydrogen) atoms. The summed E-state index contributed by atoms with van der Waals surface area (Å²) in [6.07, 6.45) is 2.18. The van der Waals surface area contributed by atoms with Gasteiger partial charge in [0.05, 0.1) is 11.4 Å². The molecule has 0 radical (unpaired) electrons. The van der Waals surface area contributed by atoms with Crippen LogP contribution in [0.1, 0.15) is 19.0 Å². The molecule has 4 nitrogen and oxygen atoms in total. The Kier molecular flexibility index (Phi) is 3.61. The van der Waals surface area contributed by atoms with Gasteiger partial charge in [-0.2, -0.15) is 5.10 Å². The number of hydrogen-bond acceptors (Lipinski definition) is 4. The van der Waals surface area contributed by atoms with E-state index >= 15 is 0 Å². The highest BCUT2D eigenvalue weighted by Gasteiger charge is 2.21. The molecule has 0 amide bonds. The van der Waals surface area contributed by atoms with Crippen molar-refractivity contribution in [3.63, 3.8) is 0 Å². The molecule has 0 aliphatic carbocycles. The molecule has 0 spiro atoms. The lowest BCUT2D eigenvalue weighted by molar-refractivity contribution is 0.341. The summed E-state index contributed by atoms with van der Waals surface area (Å²) in [4.78, 5) is 2.46. The van der Waals surface area contributed by atoms with Crippen LogP contribution in [0.5, 0.6) is 0 Å². The predicted molar refractivity (Wildman–Crippen MR) is 65.4 cm³/mol. The molecule has 2 rings (SSSR count). The van der Waals surface area contributed by atoms with E-state index in [9.17, 15) is 0 Å². The molecule has 0 aromatic carbocycles. The minimum absolute atomic E-state index is 0.297. The number of halogens is 1. The van der Waals surface area contributed by atoms with Crippen LogP contribution in [0, 0.1) is 5.92 Å². The van der Waals surface area contributed by atoms with Gasteiger partial charge in [0.1, 0.15) is 0 Å². The van der Waals surface area contributed by atoms with Crippen LogP contribution >= 0.6 is 11.6 Å². The van der Waals surface area contributed by atoms with Crippen LogP contribution in [0.4, 0.5) is 5.69 Å². The van der Waals surface area contributed by atoms with E-state index in [4.69, 9.17) is 17.3 Å². The van der Waals surface area contributed by atoms with Crippen molar-refractivity contribution in [2.75, 3.05) is 25.4 Å². The highest BCUT2D eigenvalue weighted by atomic mass is 35.5. The first-order chi connectivity index (χ1) is 7.69. The quantitative estimate of drug-likeness (QED) is 0.872. The topological polar surface area (TPSA) is 55.0 Å². The smallest absolute Gasteiger partial charge is 0.174 e. The van der Waals surface area contributed by atoms with Crippen LogP contribution in [0.3, 0.4) is 0 Å². The molecule has 2 heterocycles. The number of anilines is 1. The van der Waals surface area contributed by atoms with Gasteiger partial charge < -0.3 is 10.6 Å². The van der Waals surface area contributed by atoms with Gasteiger partial charge in [-0.15, -0.1) is 5.10 Å². The molecule has 2 N–H and O–H groups in total. The zero-order valence-electron chi connectivity index (χ0n) is 9.49. The van der Waals surface area contributed by atoms with Crippen LogP contribution in [0.15, 0.2) is 6.07 Å². The molecular weight excluding hydrogens is 224 g/mol. The Morgan fingerprint density at radius 1 is 1.56 bits per heavy atom. The van der Waals surface area contributed by atoms with Crippen LogP contribution in [0.25, 0.3) is 0 Å². The first-order valence-corrected chi connectivity index (χ1v) is 6.06. The second-order valence-corrected chi connectivity index (χ2v) is 4.69. The lowest BCUT2D eigenvalue weighted by atomic mass is 10.0. The number of hydrogen-bond donors (Lipinski definition) is 1. The Bertz CT molecular complexity index is 369.